The molecule has 2 aliphatic heterocycles. The smallest absolute Gasteiger partial charge is 0.251 e. The second kappa shape index (κ2) is 9.80. The molecular weight excluding hydrogens is 408 g/mol. The second-order valence-corrected chi connectivity index (χ2v) is 9.39. The monoisotopic (exact) mass is 440 g/mol. The van der Waals surface area contributed by atoms with Crippen LogP contribution < -0.4 is 10.1 Å². The third kappa shape index (κ3) is 5.12. The van der Waals surface area contributed by atoms with E-state index in [1.54, 1.807) is 0 Å². The molecule has 4 nitrogen and oxygen atoms in total. The van der Waals surface area contributed by atoms with E-state index in [9.17, 15) is 4.79 Å². The molecule has 0 radical (unpaired) electrons. The van der Waals surface area contributed by atoms with Gasteiger partial charge >= 0.3 is 0 Å². The Morgan fingerprint density at radius 1 is 0.909 bits per heavy atom. The zero-order valence-electron chi connectivity index (χ0n) is 19.2. The van der Waals surface area contributed by atoms with Crippen molar-refractivity contribution < 1.29 is 9.53 Å². The van der Waals surface area contributed by atoms with Crippen LogP contribution in [0.15, 0.2) is 78.9 Å². The normalized spacial score (nSPS) is 22.5. The lowest BCUT2D eigenvalue weighted by Gasteiger charge is -2.46. The molecule has 170 valence electrons. The summed E-state index contributed by atoms with van der Waals surface area (Å²) >= 11 is 0. The predicted octanol–water partition coefficient (Wildman–Crippen LogP) is 5.68. The van der Waals surface area contributed by atoms with Gasteiger partial charge in [-0.05, 0) is 73.7 Å². The summed E-state index contributed by atoms with van der Waals surface area (Å²) in [6, 6.07) is 27.4. The lowest BCUT2D eigenvalue weighted by atomic mass is 9.83. The van der Waals surface area contributed by atoms with Gasteiger partial charge in [0, 0.05) is 24.2 Å². The maximum atomic E-state index is 12.7. The van der Waals surface area contributed by atoms with Crippen LogP contribution in [0.25, 0.3) is 11.1 Å². The van der Waals surface area contributed by atoms with Crippen molar-refractivity contribution in [2.24, 2.45) is 0 Å². The number of carbonyl (C=O) groups excluding carboxylic acids is 1. The molecule has 2 bridgehead atoms. The molecule has 0 spiro atoms. The second-order valence-electron chi connectivity index (χ2n) is 9.39. The first-order chi connectivity index (χ1) is 16.2. The fourth-order valence-corrected chi connectivity index (χ4v) is 5.31. The maximum Gasteiger partial charge on any atom is 0.251 e. The molecule has 2 heterocycles. The van der Waals surface area contributed by atoms with Crippen molar-refractivity contribution >= 4 is 5.91 Å². The third-order valence-corrected chi connectivity index (χ3v) is 7.21. The molecule has 1 unspecified atom stereocenters. The Balaban J connectivity index is 1.17. The molecular formula is C29H32N2O2. The van der Waals surface area contributed by atoms with Crippen LogP contribution >= 0.6 is 0 Å². The van der Waals surface area contributed by atoms with E-state index in [2.05, 4.69) is 35.5 Å². The number of nitrogens with one attached hydrogen (secondary N) is 1. The first-order valence-corrected chi connectivity index (χ1v) is 12.1. The minimum atomic E-state index is -0.0657. The van der Waals surface area contributed by atoms with Crippen LogP contribution in [0.5, 0.6) is 5.75 Å². The van der Waals surface area contributed by atoms with E-state index in [0.717, 1.165) is 35.3 Å². The zero-order chi connectivity index (χ0) is 22.6. The molecule has 2 fully saturated rings. The van der Waals surface area contributed by atoms with Crippen molar-refractivity contribution in [3.63, 3.8) is 0 Å². The minimum Gasteiger partial charge on any atom is -0.490 e. The molecule has 3 aromatic rings. The maximum absolute atomic E-state index is 12.7. The first-order valence-electron chi connectivity index (χ1n) is 12.1. The topological polar surface area (TPSA) is 41.6 Å². The van der Waals surface area contributed by atoms with Crippen molar-refractivity contribution in [2.75, 3.05) is 7.05 Å². The number of ether oxygens (including phenoxy) is 1. The van der Waals surface area contributed by atoms with Crippen LogP contribution in [-0.2, 0) is 6.54 Å². The van der Waals surface area contributed by atoms with Gasteiger partial charge in [-0.15, -0.1) is 0 Å². The number of rotatable bonds is 6. The molecule has 4 heteroatoms. The quantitative estimate of drug-likeness (QED) is 0.536. The van der Waals surface area contributed by atoms with E-state index in [0.29, 0.717) is 24.2 Å². The van der Waals surface area contributed by atoms with Crippen molar-refractivity contribution in [3.8, 4) is 16.9 Å². The standard InChI is InChI=1S/C29H32N2O2/c1-31-25-10-6-11-26(31)19-28(18-25)33-27-12-5-7-21(17-27)20-30-29(32)24-15-13-23(14-16-24)22-8-3-2-4-9-22/h2-5,7-9,12-17,25-26,28H,6,10-11,18-20H2,1H3,(H,30,32)/t25-,26+,28?. The number of amides is 1. The summed E-state index contributed by atoms with van der Waals surface area (Å²) in [6.07, 6.45) is 6.40. The van der Waals surface area contributed by atoms with Crippen molar-refractivity contribution in [1.82, 2.24) is 10.2 Å². The molecule has 3 aromatic carbocycles. The van der Waals surface area contributed by atoms with Gasteiger partial charge in [0.25, 0.3) is 5.91 Å². The number of nitrogens with zero attached hydrogens (tertiary/aromatic N) is 1. The molecule has 3 atom stereocenters. The van der Waals surface area contributed by atoms with Gasteiger partial charge in [-0.25, -0.2) is 0 Å². The molecule has 5 rings (SSSR count). The molecule has 1 amide bonds. The highest BCUT2D eigenvalue weighted by Gasteiger charge is 2.36. The van der Waals surface area contributed by atoms with Gasteiger partial charge in [0.2, 0.25) is 0 Å². The van der Waals surface area contributed by atoms with Crippen molar-refractivity contribution in [2.45, 2.75) is 56.8 Å². The summed E-state index contributed by atoms with van der Waals surface area (Å²) in [5.41, 5.74) is 3.97. The van der Waals surface area contributed by atoms with Crippen LogP contribution in [0.3, 0.4) is 0 Å². The summed E-state index contributed by atoms with van der Waals surface area (Å²) in [4.78, 5) is 15.2. The highest BCUT2D eigenvalue weighted by Crippen LogP contribution is 2.34. The van der Waals surface area contributed by atoms with Crippen LogP contribution in [0.4, 0.5) is 0 Å². The Labute approximate surface area is 196 Å². The van der Waals surface area contributed by atoms with Gasteiger partial charge in [-0.3, -0.25) is 4.79 Å². The molecule has 0 aromatic heterocycles. The van der Waals surface area contributed by atoms with Gasteiger partial charge in [0.05, 0.1) is 0 Å². The van der Waals surface area contributed by atoms with Crippen LogP contribution in [0.1, 0.15) is 48.0 Å². The fraction of sp³-hybridized carbons (Fsp3) is 0.345. The lowest BCUT2D eigenvalue weighted by Crippen LogP contribution is -2.52. The molecule has 1 N–H and O–H groups in total. The van der Waals surface area contributed by atoms with E-state index < -0.39 is 0 Å². The Bertz CT molecular complexity index is 1070. The van der Waals surface area contributed by atoms with E-state index in [1.165, 1.54) is 19.3 Å². The molecule has 0 saturated carbocycles. The highest BCUT2D eigenvalue weighted by molar-refractivity contribution is 5.94. The van der Waals surface area contributed by atoms with Crippen molar-refractivity contribution in [3.05, 3.63) is 90.0 Å². The number of hydrogen-bond donors (Lipinski definition) is 1. The first kappa shape index (κ1) is 21.7. The van der Waals surface area contributed by atoms with E-state index in [1.807, 2.05) is 60.7 Å². The largest absolute Gasteiger partial charge is 0.490 e. The Morgan fingerprint density at radius 3 is 2.33 bits per heavy atom. The number of benzene rings is 3. The molecule has 2 aliphatic rings. The lowest BCUT2D eigenvalue weighted by molar-refractivity contribution is 0.000114. The zero-order valence-corrected chi connectivity index (χ0v) is 19.2. The summed E-state index contributed by atoms with van der Waals surface area (Å²) < 4.78 is 6.39. The van der Waals surface area contributed by atoms with Gasteiger partial charge in [0.15, 0.2) is 0 Å². The average molecular weight is 441 g/mol. The summed E-state index contributed by atoms with van der Waals surface area (Å²) in [5.74, 6) is 0.839. The molecule has 33 heavy (non-hydrogen) atoms. The van der Waals surface area contributed by atoms with Gasteiger partial charge in [0.1, 0.15) is 11.9 Å². The Hall–Kier alpha value is -3.11. The van der Waals surface area contributed by atoms with Gasteiger partial charge < -0.3 is 15.0 Å². The Kier molecular flexibility index (Phi) is 6.45. The molecule has 0 aliphatic carbocycles. The van der Waals surface area contributed by atoms with Crippen LogP contribution in [0.2, 0.25) is 0 Å². The summed E-state index contributed by atoms with van der Waals surface area (Å²) in [7, 11) is 2.27. The third-order valence-electron chi connectivity index (χ3n) is 7.21. The van der Waals surface area contributed by atoms with Gasteiger partial charge in [-0.2, -0.15) is 0 Å². The average Bonchev–Trinajstić information content (AvgIpc) is 2.84. The predicted molar refractivity (Wildman–Crippen MR) is 132 cm³/mol. The van der Waals surface area contributed by atoms with Crippen LogP contribution in [-0.4, -0.2) is 36.0 Å². The molecule has 2 saturated heterocycles. The SMILES string of the molecule is CN1[C@@H]2CCC[C@H]1CC(Oc1cccc(CNC(=O)c3ccc(-c4ccccc4)cc3)c1)C2. The highest BCUT2D eigenvalue weighted by atomic mass is 16.5. The Morgan fingerprint density at radius 2 is 1.61 bits per heavy atom. The van der Waals surface area contributed by atoms with Gasteiger partial charge in [-0.1, -0.05) is 61.0 Å². The van der Waals surface area contributed by atoms with Crippen LogP contribution in [0, 0.1) is 0 Å². The van der Waals surface area contributed by atoms with E-state index in [4.69, 9.17) is 4.74 Å². The number of piperidine rings is 2. The minimum absolute atomic E-state index is 0.0657. The van der Waals surface area contributed by atoms with Crippen molar-refractivity contribution in [1.29, 1.82) is 0 Å². The number of carbonyl (C=O) groups is 1. The fourth-order valence-electron chi connectivity index (χ4n) is 5.31. The van der Waals surface area contributed by atoms with E-state index in [-0.39, 0.29) is 12.0 Å². The summed E-state index contributed by atoms with van der Waals surface area (Å²) in [6.45, 7) is 0.481. The summed E-state index contributed by atoms with van der Waals surface area (Å²) in [5, 5.41) is 3.04. The number of hydrogen-bond acceptors (Lipinski definition) is 3. The number of fused-ring (bicyclic) bond motifs is 2. The van der Waals surface area contributed by atoms with E-state index >= 15 is 0 Å².